The van der Waals surface area contributed by atoms with Crippen LogP contribution < -0.4 is 10.6 Å². The highest BCUT2D eigenvalue weighted by molar-refractivity contribution is 6.11. The van der Waals surface area contributed by atoms with Crippen LogP contribution in [0, 0.1) is 0 Å². The zero-order valence-electron chi connectivity index (χ0n) is 20.9. The summed E-state index contributed by atoms with van der Waals surface area (Å²) in [5.41, 5.74) is 2.73. The van der Waals surface area contributed by atoms with Gasteiger partial charge in [0, 0.05) is 18.5 Å². The van der Waals surface area contributed by atoms with E-state index in [2.05, 4.69) is 10.6 Å². The van der Waals surface area contributed by atoms with Gasteiger partial charge in [0.2, 0.25) is 5.91 Å². The largest absolute Gasteiger partial charge is 0.351 e. The Hall–Kier alpha value is -3.93. The van der Waals surface area contributed by atoms with Crippen LogP contribution in [-0.4, -0.2) is 40.7 Å². The molecule has 1 heterocycles. The summed E-state index contributed by atoms with van der Waals surface area (Å²) in [7, 11) is 0. The Kier molecular flexibility index (Phi) is 7.64. The molecule has 0 radical (unpaired) electrons. The number of rotatable bonds is 7. The first-order valence-corrected chi connectivity index (χ1v) is 13.2. The van der Waals surface area contributed by atoms with E-state index in [9.17, 15) is 14.4 Å². The van der Waals surface area contributed by atoms with Gasteiger partial charge in [-0.2, -0.15) is 0 Å². The zero-order valence-corrected chi connectivity index (χ0v) is 20.9. The third-order valence-corrected chi connectivity index (χ3v) is 7.45. The Bertz CT molecular complexity index is 1170. The summed E-state index contributed by atoms with van der Waals surface area (Å²) >= 11 is 0. The highest BCUT2D eigenvalue weighted by Gasteiger charge is 2.47. The van der Waals surface area contributed by atoms with Gasteiger partial charge in [-0.05, 0) is 29.5 Å². The van der Waals surface area contributed by atoms with E-state index >= 15 is 0 Å². The molecule has 0 bridgehead atoms. The predicted molar refractivity (Wildman–Crippen MR) is 142 cm³/mol. The summed E-state index contributed by atoms with van der Waals surface area (Å²) < 4.78 is 0. The van der Waals surface area contributed by atoms with Crippen molar-refractivity contribution in [1.82, 2.24) is 15.5 Å². The van der Waals surface area contributed by atoms with Crippen LogP contribution in [0.25, 0.3) is 0 Å². The molecule has 2 N–H and O–H groups in total. The van der Waals surface area contributed by atoms with E-state index in [1.807, 2.05) is 91.0 Å². The standard InChI is InChI=1S/C31H33N3O3/c35-29(32-25-19-11-4-12-20-25)28-30(36)33-27(31(37)34(28)21-22-13-5-1-6-14-22)26(23-15-7-2-8-16-23)24-17-9-3-10-18-24/h1-3,5-10,13-18,25-28H,4,11-12,19-21H2,(H,32,35)(H,33,36). The number of benzene rings is 3. The van der Waals surface area contributed by atoms with Crippen molar-refractivity contribution in [2.24, 2.45) is 0 Å². The smallest absolute Gasteiger partial charge is 0.253 e. The molecular weight excluding hydrogens is 462 g/mol. The minimum atomic E-state index is -1.21. The first-order valence-electron chi connectivity index (χ1n) is 13.2. The lowest BCUT2D eigenvalue weighted by atomic mass is 9.82. The predicted octanol–water partition coefficient (Wildman–Crippen LogP) is 4.16. The minimum Gasteiger partial charge on any atom is -0.351 e. The van der Waals surface area contributed by atoms with Gasteiger partial charge in [-0.1, -0.05) is 110 Å². The Morgan fingerprint density at radius 3 is 1.92 bits per heavy atom. The number of piperazine rings is 1. The average molecular weight is 496 g/mol. The molecule has 0 spiro atoms. The molecule has 3 amide bonds. The van der Waals surface area contributed by atoms with Crippen molar-refractivity contribution in [3.05, 3.63) is 108 Å². The minimum absolute atomic E-state index is 0.0434. The maximum absolute atomic E-state index is 14.2. The fraction of sp³-hybridized carbons (Fsp3) is 0.323. The SMILES string of the molecule is O=C(NC1CCCCC1)C1C(=O)NC(C(c2ccccc2)c2ccccc2)C(=O)N1Cc1ccccc1. The number of hydrogen-bond donors (Lipinski definition) is 2. The summed E-state index contributed by atoms with van der Waals surface area (Å²) in [6, 6.07) is 27.0. The van der Waals surface area contributed by atoms with Gasteiger partial charge < -0.3 is 15.5 Å². The molecule has 3 aromatic carbocycles. The van der Waals surface area contributed by atoms with E-state index in [0.717, 1.165) is 48.8 Å². The topological polar surface area (TPSA) is 78.5 Å². The van der Waals surface area contributed by atoms with Crippen LogP contribution in [0.2, 0.25) is 0 Å². The molecule has 2 atom stereocenters. The lowest BCUT2D eigenvalue weighted by Gasteiger charge is -2.41. The van der Waals surface area contributed by atoms with Crippen molar-refractivity contribution < 1.29 is 14.4 Å². The van der Waals surface area contributed by atoms with Crippen molar-refractivity contribution in [3.8, 4) is 0 Å². The maximum atomic E-state index is 14.2. The van der Waals surface area contributed by atoms with E-state index in [1.165, 1.54) is 4.90 Å². The van der Waals surface area contributed by atoms with E-state index < -0.39 is 23.9 Å². The lowest BCUT2D eigenvalue weighted by molar-refractivity contribution is -0.155. The van der Waals surface area contributed by atoms with Crippen molar-refractivity contribution in [3.63, 3.8) is 0 Å². The number of hydrogen-bond acceptors (Lipinski definition) is 3. The second kappa shape index (κ2) is 11.4. The molecule has 2 fully saturated rings. The van der Waals surface area contributed by atoms with Crippen LogP contribution >= 0.6 is 0 Å². The van der Waals surface area contributed by atoms with Gasteiger partial charge in [0.15, 0.2) is 6.04 Å². The highest BCUT2D eigenvalue weighted by Crippen LogP contribution is 2.32. The highest BCUT2D eigenvalue weighted by atomic mass is 16.2. The van der Waals surface area contributed by atoms with Gasteiger partial charge in [-0.3, -0.25) is 14.4 Å². The van der Waals surface area contributed by atoms with Crippen molar-refractivity contribution in [1.29, 1.82) is 0 Å². The molecule has 2 unspecified atom stereocenters. The summed E-state index contributed by atoms with van der Waals surface area (Å²) in [6.45, 7) is 0.183. The molecular formula is C31H33N3O3. The van der Waals surface area contributed by atoms with Gasteiger partial charge in [-0.25, -0.2) is 0 Å². The van der Waals surface area contributed by atoms with Crippen LogP contribution in [-0.2, 0) is 20.9 Å². The first-order chi connectivity index (χ1) is 18.1. The van der Waals surface area contributed by atoms with Crippen LogP contribution in [0.5, 0.6) is 0 Å². The summed E-state index contributed by atoms with van der Waals surface area (Å²) in [5.74, 6) is -1.49. The molecule has 1 saturated heterocycles. The summed E-state index contributed by atoms with van der Waals surface area (Å²) in [4.78, 5) is 42.8. The molecule has 37 heavy (non-hydrogen) atoms. The monoisotopic (exact) mass is 495 g/mol. The van der Waals surface area contributed by atoms with Crippen LogP contribution in [0.15, 0.2) is 91.0 Å². The molecule has 6 nitrogen and oxygen atoms in total. The fourth-order valence-corrected chi connectivity index (χ4v) is 5.60. The molecule has 1 saturated carbocycles. The van der Waals surface area contributed by atoms with Gasteiger partial charge in [0.1, 0.15) is 6.04 Å². The number of nitrogens with zero attached hydrogens (tertiary/aromatic N) is 1. The van der Waals surface area contributed by atoms with Crippen LogP contribution in [0.3, 0.4) is 0 Å². The normalized spacial score (nSPS) is 20.5. The molecule has 1 aliphatic carbocycles. The summed E-state index contributed by atoms with van der Waals surface area (Å²) in [5, 5.41) is 6.03. The molecule has 190 valence electrons. The average Bonchev–Trinajstić information content (AvgIpc) is 2.94. The Morgan fingerprint density at radius 1 is 0.811 bits per heavy atom. The molecule has 1 aliphatic heterocycles. The van der Waals surface area contributed by atoms with E-state index in [-0.39, 0.29) is 24.4 Å². The first kappa shape index (κ1) is 24.8. The van der Waals surface area contributed by atoms with Gasteiger partial charge in [0.25, 0.3) is 11.8 Å². The Labute approximate surface area is 218 Å². The third-order valence-electron chi connectivity index (χ3n) is 7.45. The maximum Gasteiger partial charge on any atom is 0.253 e. The molecule has 3 aromatic rings. The quantitative estimate of drug-likeness (QED) is 0.483. The van der Waals surface area contributed by atoms with Crippen LogP contribution in [0.4, 0.5) is 0 Å². The van der Waals surface area contributed by atoms with E-state index in [4.69, 9.17) is 0 Å². The number of carbonyl (C=O) groups excluding carboxylic acids is 3. The Balaban J connectivity index is 1.50. The number of nitrogens with one attached hydrogen (secondary N) is 2. The second-order valence-electron chi connectivity index (χ2n) is 9.98. The van der Waals surface area contributed by atoms with Gasteiger partial charge >= 0.3 is 0 Å². The fourth-order valence-electron chi connectivity index (χ4n) is 5.60. The molecule has 6 heteroatoms. The van der Waals surface area contributed by atoms with Gasteiger partial charge in [0.05, 0.1) is 0 Å². The third kappa shape index (κ3) is 5.58. The summed E-state index contributed by atoms with van der Waals surface area (Å²) in [6.07, 6.45) is 5.09. The van der Waals surface area contributed by atoms with Gasteiger partial charge in [-0.15, -0.1) is 0 Å². The van der Waals surface area contributed by atoms with Crippen molar-refractivity contribution >= 4 is 17.7 Å². The van der Waals surface area contributed by atoms with Crippen LogP contribution in [0.1, 0.15) is 54.7 Å². The molecule has 5 rings (SSSR count). The Morgan fingerprint density at radius 2 is 1.35 bits per heavy atom. The molecule has 2 aliphatic rings. The van der Waals surface area contributed by atoms with E-state index in [1.54, 1.807) is 0 Å². The lowest BCUT2D eigenvalue weighted by Crippen LogP contribution is -2.68. The number of amides is 3. The van der Waals surface area contributed by atoms with E-state index in [0.29, 0.717) is 0 Å². The molecule has 0 aromatic heterocycles. The van der Waals surface area contributed by atoms with Crippen molar-refractivity contribution in [2.45, 2.75) is 62.7 Å². The number of carbonyl (C=O) groups is 3. The second-order valence-corrected chi connectivity index (χ2v) is 9.98. The van der Waals surface area contributed by atoms with Crippen molar-refractivity contribution in [2.75, 3.05) is 0 Å². The zero-order chi connectivity index (χ0) is 25.6.